The predicted octanol–water partition coefficient (Wildman–Crippen LogP) is 2.73. The zero-order valence-electron chi connectivity index (χ0n) is 11.2. The minimum Gasteiger partial charge on any atom is -0.395 e. The average Bonchev–Trinajstić information content (AvgIpc) is 2.65. The van der Waals surface area contributed by atoms with Crippen LogP contribution in [0.5, 0.6) is 0 Å². The van der Waals surface area contributed by atoms with Gasteiger partial charge >= 0.3 is 0 Å². The number of aryl methyl sites for hydroxylation is 3. The van der Waals surface area contributed by atoms with Crippen LogP contribution in [0.15, 0.2) is 24.5 Å². The van der Waals surface area contributed by atoms with Gasteiger partial charge in [0.2, 0.25) is 0 Å². The fourth-order valence-electron chi connectivity index (χ4n) is 2.51. The maximum Gasteiger partial charge on any atom is 0.0943 e. The van der Waals surface area contributed by atoms with E-state index in [2.05, 4.69) is 48.9 Å². The molecule has 0 bridgehead atoms. The average molecular weight is 313 g/mol. The molecule has 0 fully saturated rings. The van der Waals surface area contributed by atoms with Gasteiger partial charge in [0.1, 0.15) is 0 Å². The van der Waals surface area contributed by atoms with Crippen LogP contribution in [0.1, 0.15) is 16.7 Å². The molecule has 0 saturated heterocycles. The quantitative estimate of drug-likeness (QED) is 0.929. The van der Waals surface area contributed by atoms with E-state index in [1.54, 1.807) is 0 Å². The maximum atomic E-state index is 8.93. The molecule has 0 saturated carbocycles. The molecule has 2 rings (SSSR count). The lowest BCUT2D eigenvalue weighted by Gasteiger charge is -2.24. The largest absolute Gasteiger partial charge is 0.395 e. The number of nitrogens with zero attached hydrogens (tertiary/aromatic N) is 2. The van der Waals surface area contributed by atoms with Crippen molar-refractivity contribution in [2.75, 3.05) is 24.7 Å². The summed E-state index contributed by atoms with van der Waals surface area (Å²) < 4.78 is 0. The predicted molar refractivity (Wildman–Crippen MR) is 81.3 cm³/mol. The summed E-state index contributed by atoms with van der Waals surface area (Å²) in [6, 6.07) is 4.43. The molecule has 100 valence electrons. The lowest BCUT2D eigenvalue weighted by Crippen LogP contribution is -2.28. The summed E-state index contributed by atoms with van der Waals surface area (Å²) in [5.74, 6) is 0. The number of aliphatic hydroxyl groups excluding tert-OH is 1. The third-order valence-corrected chi connectivity index (χ3v) is 3.10. The molecule has 0 aromatic heterocycles. The van der Waals surface area contributed by atoms with Crippen LogP contribution in [0.4, 0.5) is 5.69 Å². The molecule has 1 heterocycles. The smallest absolute Gasteiger partial charge is 0.0943 e. The Bertz CT molecular complexity index is 422. The minimum atomic E-state index is 0. The van der Waals surface area contributed by atoms with Gasteiger partial charge in [0.15, 0.2) is 0 Å². The first-order chi connectivity index (χ1) is 8.11. The molecule has 0 atom stereocenters. The molecule has 1 aliphatic heterocycles. The van der Waals surface area contributed by atoms with Gasteiger partial charge in [-0.25, -0.2) is 0 Å². The van der Waals surface area contributed by atoms with Crippen LogP contribution < -0.4 is 4.90 Å². The number of hydrogen-bond donors (Lipinski definition) is 1. The molecule has 0 unspecified atom stereocenters. The second-order valence-electron chi connectivity index (χ2n) is 4.69. The summed E-state index contributed by atoms with van der Waals surface area (Å²) in [7, 11) is 0. The van der Waals surface area contributed by atoms with Crippen LogP contribution >= 0.6 is 17.0 Å². The zero-order chi connectivity index (χ0) is 12.4. The van der Waals surface area contributed by atoms with Crippen molar-refractivity contribution in [3.8, 4) is 0 Å². The van der Waals surface area contributed by atoms with Crippen molar-refractivity contribution in [3.05, 3.63) is 41.2 Å². The number of benzene rings is 1. The summed E-state index contributed by atoms with van der Waals surface area (Å²) in [5, 5.41) is 8.93. The fourth-order valence-corrected chi connectivity index (χ4v) is 2.51. The minimum absolute atomic E-state index is 0. The Balaban J connectivity index is 0.00000162. The summed E-state index contributed by atoms with van der Waals surface area (Å²) >= 11 is 0. The van der Waals surface area contributed by atoms with E-state index in [4.69, 9.17) is 5.11 Å². The van der Waals surface area contributed by atoms with Gasteiger partial charge < -0.3 is 14.9 Å². The van der Waals surface area contributed by atoms with Crippen molar-refractivity contribution in [1.82, 2.24) is 4.90 Å². The molecule has 1 N–H and O–H groups in total. The van der Waals surface area contributed by atoms with Gasteiger partial charge in [-0.1, -0.05) is 17.7 Å². The fraction of sp³-hybridized carbons (Fsp3) is 0.429. The van der Waals surface area contributed by atoms with Crippen molar-refractivity contribution in [2.24, 2.45) is 0 Å². The van der Waals surface area contributed by atoms with Crippen molar-refractivity contribution >= 4 is 22.7 Å². The zero-order valence-corrected chi connectivity index (χ0v) is 12.9. The van der Waals surface area contributed by atoms with E-state index in [0.29, 0.717) is 6.54 Å². The summed E-state index contributed by atoms with van der Waals surface area (Å²) in [4.78, 5) is 4.35. The van der Waals surface area contributed by atoms with E-state index in [0.717, 1.165) is 6.67 Å². The molecule has 0 aliphatic carbocycles. The van der Waals surface area contributed by atoms with Crippen LogP contribution in [0.3, 0.4) is 0 Å². The van der Waals surface area contributed by atoms with Gasteiger partial charge in [-0.3, -0.25) is 0 Å². The second kappa shape index (κ2) is 6.25. The van der Waals surface area contributed by atoms with Crippen LogP contribution in [-0.2, 0) is 0 Å². The summed E-state index contributed by atoms with van der Waals surface area (Å²) in [6.45, 7) is 8.14. The van der Waals surface area contributed by atoms with E-state index in [9.17, 15) is 0 Å². The van der Waals surface area contributed by atoms with Crippen LogP contribution in [0, 0.1) is 20.8 Å². The van der Waals surface area contributed by atoms with Crippen molar-refractivity contribution in [3.63, 3.8) is 0 Å². The molecule has 4 heteroatoms. The lowest BCUT2D eigenvalue weighted by molar-refractivity contribution is 0.244. The molecule has 1 aromatic rings. The molecular weight excluding hydrogens is 292 g/mol. The van der Waals surface area contributed by atoms with E-state index in [1.807, 2.05) is 6.20 Å². The normalized spacial score (nSPS) is 14.0. The van der Waals surface area contributed by atoms with Gasteiger partial charge in [-0.2, -0.15) is 0 Å². The molecule has 1 aliphatic rings. The Morgan fingerprint density at radius 1 is 1.11 bits per heavy atom. The van der Waals surface area contributed by atoms with E-state index < -0.39 is 0 Å². The Morgan fingerprint density at radius 2 is 1.72 bits per heavy atom. The van der Waals surface area contributed by atoms with Gasteiger partial charge in [0, 0.05) is 24.6 Å². The van der Waals surface area contributed by atoms with Gasteiger partial charge in [-0.05, 0) is 31.9 Å². The molecule has 0 radical (unpaired) electrons. The molecular formula is C14H21BrN2O. The first-order valence-electron chi connectivity index (χ1n) is 5.99. The first kappa shape index (κ1) is 15.1. The Hall–Kier alpha value is -1.00. The van der Waals surface area contributed by atoms with E-state index in [-0.39, 0.29) is 23.6 Å². The SMILES string of the molecule is Br.Cc1cc(C)c(N2C=CN(CCO)C2)c(C)c1. The third kappa shape index (κ3) is 3.06. The van der Waals surface area contributed by atoms with Crippen LogP contribution in [0.25, 0.3) is 0 Å². The standard InChI is InChI=1S/C14H20N2O.BrH/c1-11-8-12(2)14(13(3)9-11)16-5-4-15(10-16)6-7-17;/h4-5,8-9,17H,6-7,10H2,1-3H3;1H. The number of rotatable bonds is 3. The Kier molecular flexibility index (Phi) is 5.23. The third-order valence-electron chi connectivity index (χ3n) is 3.10. The topological polar surface area (TPSA) is 26.7 Å². The molecule has 18 heavy (non-hydrogen) atoms. The van der Waals surface area contributed by atoms with E-state index >= 15 is 0 Å². The highest BCUT2D eigenvalue weighted by Gasteiger charge is 2.16. The molecule has 1 aromatic carbocycles. The Labute approximate surface area is 119 Å². The second-order valence-corrected chi connectivity index (χ2v) is 4.69. The van der Waals surface area contributed by atoms with Crippen molar-refractivity contribution < 1.29 is 5.11 Å². The summed E-state index contributed by atoms with van der Waals surface area (Å²) in [6.07, 6.45) is 4.12. The van der Waals surface area contributed by atoms with Crippen molar-refractivity contribution in [2.45, 2.75) is 20.8 Å². The molecule has 0 spiro atoms. The monoisotopic (exact) mass is 312 g/mol. The van der Waals surface area contributed by atoms with Gasteiger partial charge in [0.25, 0.3) is 0 Å². The van der Waals surface area contributed by atoms with Crippen LogP contribution in [0.2, 0.25) is 0 Å². The summed E-state index contributed by atoms with van der Waals surface area (Å²) in [5.41, 5.74) is 5.20. The van der Waals surface area contributed by atoms with Crippen LogP contribution in [-0.4, -0.2) is 29.8 Å². The highest BCUT2D eigenvalue weighted by atomic mass is 79.9. The molecule has 3 nitrogen and oxygen atoms in total. The van der Waals surface area contributed by atoms with Crippen molar-refractivity contribution in [1.29, 1.82) is 0 Å². The van der Waals surface area contributed by atoms with E-state index in [1.165, 1.54) is 22.4 Å². The first-order valence-corrected chi connectivity index (χ1v) is 5.99. The van der Waals surface area contributed by atoms with Gasteiger partial charge in [-0.15, -0.1) is 17.0 Å². The number of anilines is 1. The highest BCUT2D eigenvalue weighted by molar-refractivity contribution is 8.93. The van der Waals surface area contributed by atoms with Gasteiger partial charge in [0.05, 0.1) is 13.3 Å². The number of hydrogen-bond acceptors (Lipinski definition) is 3. The number of aliphatic hydroxyl groups is 1. The number of halogens is 1. The maximum absolute atomic E-state index is 8.93. The number of β-amino-alcohol motifs (C(OH)–C–C–N with tert-alkyl or cyclic N) is 1. The lowest BCUT2D eigenvalue weighted by atomic mass is 10.0. The Morgan fingerprint density at radius 3 is 2.28 bits per heavy atom. The molecule has 0 amide bonds. The highest BCUT2D eigenvalue weighted by Crippen LogP contribution is 2.28.